The first-order valence-electron chi connectivity index (χ1n) is 6.02. The predicted molar refractivity (Wildman–Crippen MR) is 73.9 cm³/mol. The molecule has 1 aliphatic heterocycles. The van der Waals surface area contributed by atoms with E-state index in [-0.39, 0.29) is 0 Å². The number of anilines is 1. The number of rotatable bonds is 1. The van der Waals surface area contributed by atoms with Crippen LogP contribution in [-0.4, -0.2) is 24.1 Å². The third-order valence-corrected chi connectivity index (χ3v) is 4.57. The number of aryl methyl sites for hydroxylation is 2. The van der Waals surface area contributed by atoms with Gasteiger partial charge in [-0.05, 0) is 37.5 Å². The third-order valence-electron chi connectivity index (χ3n) is 3.30. The molecule has 1 unspecified atom stereocenters. The monoisotopic (exact) mass is 247 g/mol. The van der Waals surface area contributed by atoms with Crippen LogP contribution in [0.2, 0.25) is 0 Å². The maximum absolute atomic E-state index is 5.95. The van der Waals surface area contributed by atoms with Crippen LogP contribution in [0.4, 0.5) is 5.13 Å². The molecular formula is C13H17N3S. The zero-order chi connectivity index (χ0) is 12.0. The van der Waals surface area contributed by atoms with Gasteiger partial charge in [0.1, 0.15) is 0 Å². The lowest BCUT2D eigenvalue weighted by molar-refractivity contribution is 0.752. The summed E-state index contributed by atoms with van der Waals surface area (Å²) in [5.41, 5.74) is 9.68. The van der Waals surface area contributed by atoms with Crippen molar-refractivity contribution in [1.82, 2.24) is 4.98 Å². The molecule has 0 spiro atoms. The van der Waals surface area contributed by atoms with Crippen molar-refractivity contribution in [3.8, 4) is 0 Å². The van der Waals surface area contributed by atoms with Crippen LogP contribution in [0.15, 0.2) is 12.1 Å². The highest BCUT2D eigenvalue weighted by atomic mass is 32.1. The molecule has 0 radical (unpaired) electrons. The van der Waals surface area contributed by atoms with Gasteiger partial charge in [-0.1, -0.05) is 17.4 Å². The molecule has 1 atom stereocenters. The fraction of sp³-hybridized carbons (Fsp3) is 0.462. The number of aromatic nitrogens is 1. The Hall–Kier alpha value is -1.13. The average molecular weight is 247 g/mol. The predicted octanol–water partition coefficient (Wildman–Crippen LogP) is 2.45. The smallest absolute Gasteiger partial charge is 0.186 e. The Balaban J connectivity index is 2.04. The summed E-state index contributed by atoms with van der Waals surface area (Å²) in [5.74, 6) is 0. The molecule has 1 aliphatic rings. The zero-order valence-corrected chi connectivity index (χ0v) is 11.0. The first-order valence-corrected chi connectivity index (χ1v) is 6.83. The van der Waals surface area contributed by atoms with E-state index in [9.17, 15) is 0 Å². The highest BCUT2D eigenvalue weighted by Gasteiger charge is 2.22. The number of nitrogens with zero attached hydrogens (tertiary/aromatic N) is 2. The zero-order valence-electron chi connectivity index (χ0n) is 10.2. The summed E-state index contributed by atoms with van der Waals surface area (Å²) in [6.45, 7) is 6.26. The summed E-state index contributed by atoms with van der Waals surface area (Å²) in [6.07, 6.45) is 1.08. The van der Waals surface area contributed by atoms with Crippen LogP contribution >= 0.6 is 11.3 Å². The van der Waals surface area contributed by atoms with Crippen molar-refractivity contribution in [2.24, 2.45) is 5.73 Å². The quantitative estimate of drug-likeness (QED) is 0.841. The van der Waals surface area contributed by atoms with Gasteiger partial charge in [0.15, 0.2) is 5.13 Å². The van der Waals surface area contributed by atoms with Crippen LogP contribution < -0.4 is 10.6 Å². The number of fused-ring (bicyclic) bond motifs is 1. The van der Waals surface area contributed by atoms with Crippen LogP contribution in [0, 0.1) is 13.8 Å². The van der Waals surface area contributed by atoms with E-state index in [0.29, 0.717) is 6.04 Å². The van der Waals surface area contributed by atoms with Crippen molar-refractivity contribution >= 4 is 26.7 Å². The van der Waals surface area contributed by atoms with E-state index in [4.69, 9.17) is 10.7 Å². The SMILES string of the molecule is Cc1cc(C)c2sc(N3CCC(N)C3)nc2c1. The highest BCUT2D eigenvalue weighted by Crippen LogP contribution is 2.33. The Labute approximate surface area is 105 Å². The Kier molecular flexibility index (Phi) is 2.56. The molecular weight excluding hydrogens is 230 g/mol. The van der Waals surface area contributed by atoms with Gasteiger partial charge in [0.05, 0.1) is 10.2 Å². The lowest BCUT2D eigenvalue weighted by atomic mass is 10.1. The minimum Gasteiger partial charge on any atom is -0.346 e. The van der Waals surface area contributed by atoms with E-state index in [1.54, 1.807) is 11.3 Å². The van der Waals surface area contributed by atoms with Crippen molar-refractivity contribution < 1.29 is 0 Å². The van der Waals surface area contributed by atoms with E-state index in [1.165, 1.54) is 15.8 Å². The van der Waals surface area contributed by atoms with Crippen LogP contribution in [-0.2, 0) is 0 Å². The largest absolute Gasteiger partial charge is 0.346 e. The van der Waals surface area contributed by atoms with E-state index < -0.39 is 0 Å². The third kappa shape index (κ3) is 1.91. The maximum Gasteiger partial charge on any atom is 0.186 e. The van der Waals surface area contributed by atoms with E-state index in [2.05, 4.69) is 30.9 Å². The number of hydrogen-bond donors (Lipinski definition) is 1. The second-order valence-electron chi connectivity index (χ2n) is 4.92. The van der Waals surface area contributed by atoms with Gasteiger partial charge < -0.3 is 10.6 Å². The second-order valence-corrected chi connectivity index (χ2v) is 5.90. The van der Waals surface area contributed by atoms with Gasteiger partial charge in [-0.2, -0.15) is 0 Å². The van der Waals surface area contributed by atoms with Crippen LogP contribution in [0.5, 0.6) is 0 Å². The molecule has 0 bridgehead atoms. The number of nitrogens with two attached hydrogens (primary N) is 1. The van der Waals surface area contributed by atoms with Gasteiger partial charge in [0, 0.05) is 19.1 Å². The summed E-state index contributed by atoms with van der Waals surface area (Å²) in [7, 11) is 0. The van der Waals surface area contributed by atoms with Crippen molar-refractivity contribution in [3.05, 3.63) is 23.3 Å². The van der Waals surface area contributed by atoms with Gasteiger partial charge in [-0.3, -0.25) is 0 Å². The van der Waals surface area contributed by atoms with Crippen LogP contribution in [0.25, 0.3) is 10.2 Å². The Bertz CT molecular complexity index is 561. The molecule has 0 aliphatic carbocycles. The normalized spacial score (nSPS) is 20.4. The molecule has 0 amide bonds. The van der Waals surface area contributed by atoms with Gasteiger partial charge >= 0.3 is 0 Å². The minimum absolute atomic E-state index is 0.310. The van der Waals surface area contributed by atoms with Crippen LogP contribution in [0.1, 0.15) is 17.5 Å². The number of hydrogen-bond acceptors (Lipinski definition) is 4. The molecule has 0 saturated carbocycles. The number of thiazole rings is 1. The molecule has 1 fully saturated rings. The van der Waals surface area contributed by atoms with Crippen LogP contribution in [0.3, 0.4) is 0 Å². The van der Waals surface area contributed by atoms with Gasteiger partial charge in [-0.15, -0.1) is 0 Å². The molecule has 2 N–H and O–H groups in total. The minimum atomic E-state index is 0.310. The lowest BCUT2D eigenvalue weighted by Gasteiger charge is -2.12. The van der Waals surface area contributed by atoms with Gasteiger partial charge in [0.2, 0.25) is 0 Å². The van der Waals surface area contributed by atoms with Crippen molar-refractivity contribution in [3.63, 3.8) is 0 Å². The Morgan fingerprint density at radius 2 is 2.24 bits per heavy atom. The Morgan fingerprint density at radius 3 is 2.94 bits per heavy atom. The molecule has 4 heteroatoms. The first kappa shape index (κ1) is 11.0. The van der Waals surface area contributed by atoms with Gasteiger partial charge in [0.25, 0.3) is 0 Å². The molecule has 17 heavy (non-hydrogen) atoms. The summed E-state index contributed by atoms with van der Waals surface area (Å²) >= 11 is 1.79. The molecule has 2 aromatic rings. The topological polar surface area (TPSA) is 42.1 Å². The second kappa shape index (κ2) is 3.96. The average Bonchev–Trinajstić information content (AvgIpc) is 2.83. The molecule has 2 heterocycles. The summed E-state index contributed by atoms with van der Waals surface area (Å²) in [4.78, 5) is 7.05. The summed E-state index contributed by atoms with van der Waals surface area (Å²) in [6, 6.07) is 4.70. The molecule has 1 aromatic carbocycles. The summed E-state index contributed by atoms with van der Waals surface area (Å²) < 4.78 is 1.31. The Morgan fingerprint density at radius 1 is 1.41 bits per heavy atom. The van der Waals surface area contributed by atoms with Crippen molar-refractivity contribution in [2.45, 2.75) is 26.3 Å². The molecule has 1 aromatic heterocycles. The van der Waals surface area contributed by atoms with E-state index in [0.717, 1.165) is 30.2 Å². The fourth-order valence-corrected chi connectivity index (χ4v) is 3.51. The summed E-state index contributed by atoms with van der Waals surface area (Å²) in [5, 5.41) is 1.13. The van der Waals surface area contributed by atoms with Crippen molar-refractivity contribution in [1.29, 1.82) is 0 Å². The molecule has 1 saturated heterocycles. The lowest BCUT2D eigenvalue weighted by Crippen LogP contribution is -2.26. The van der Waals surface area contributed by atoms with Gasteiger partial charge in [-0.25, -0.2) is 4.98 Å². The first-order chi connectivity index (χ1) is 8.13. The van der Waals surface area contributed by atoms with E-state index in [1.807, 2.05) is 0 Å². The fourth-order valence-electron chi connectivity index (χ4n) is 2.46. The molecule has 3 rings (SSSR count). The maximum atomic E-state index is 5.95. The number of benzene rings is 1. The van der Waals surface area contributed by atoms with E-state index >= 15 is 0 Å². The standard InChI is InChI=1S/C13H17N3S/c1-8-5-9(2)12-11(6-8)15-13(17-12)16-4-3-10(14)7-16/h5-6,10H,3-4,7,14H2,1-2H3. The van der Waals surface area contributed by atoms with Crippen molar-refractivity contribution in [2.75, 3.05) is 18.0 Å². The molecule has 3 nitrogen and oxygen atoms in total. The highest BCUT2D eigenvalue weighted by molar-refractivity contribution is 7.22. The molecule has 90 valence electrons.